The number of halogens is 1. The van der Waals surface area contributed by atoms with E-state index in [0.717, 1.165) is 0 Å². The number of hydrogen-bond acceptors (Lipinski definition) is 4. The van der Waals surface area contributed by atoms with Crippen LogP contribution < -0.4 is 20.1 Å². The average Bonchev–Trinajstić information content (AvgIpc) is 2.77. The fourth-order valence-electron chi connectivity index (χ4n) is 2.72. The lowest BCUT2D eigenvalue weighted by molar-refractivity contribution is -0.118. The van der Waals surface area contributed by atoms with E-state index in [0.29, 0.717) is 28.4 Å². The zero-order valence-electron chi connectivity index (χ0n) is 16.8. The van der Waals surface area contributed by atoms with E-state index in [1.807, 2.05) is 0 Å². The number of ether oxygens (including phenoxy) is 2. The van der Waals surface area contributed by atoms with Gasteiger partial charge in [0.2, 0.25) is 5.91 Å². The van der Waals surface area contributed by atoms with Crippen molar-refractivity contribution in [1.29, 1.82) is 0 Å². The quantitative estimate of drug-likeness (QED) is 0.526. The van der Waals surface area contributed by atoms with Gasteiger partial charge in [0.05, 0.1) is 7.11 Å². The number of methoxy groups -OCH3 is 1. The summed E-state index contributed by atoms with van der Waals surface area (Å²) < 4.78 is 23.9. The highest BCUT2D eigenvalue weighted by atomic mass is 19.1. The van der Waals surface area contributed by atoms with E-state index in [-0.39, 0.29) is 24.2 Å². The van der Waals surface area contributed by atoms with Crippen LogP contribution in [0.3, 0.4) is 0 Å². The van der Waals surface area contributed by atoms with Crippen molar-refractivity contribution in [2.45, 2.75) is 0 Å². The number of hydrogen-bond donors (Lipinski definition) is 2. The van der Waals surface area contributed by atoms with Crippen LogP contribution in [-0.4, -0.2) is 25.5 Å². The van der Waals surface area contributed by atoms with Crippen molar-refractivity contribution < 1.29 is 23.5 Å². The first-order valence-electron chi connectivity index (χ1n) is 9.44. The lowest BCUT2D eigenvalue weighted by Gasteiger charge is -2.11. The first-order chi connectivity index (χ1) is 15.0. The molecule has 3 aromatic carbocycles. The molecule has 0 bridgehead atoms. The van der Waals surface area contributed by atoms with Crippen molar-refractivity contribution in [3.63, 3.8) is 0 Å². The zero-order chi connectivity index (χ0) is 22.1. The summed E-state index contributed by atoms with van der Waals surface area (Å²) in [5, 5.41) is 5.41. The lowest BCUT2D eigenvalue weighted by Crippen LogP contribution is -2.20. The van der Waals surface area contributed by atoms with E-state index >= 15 is 0 Å². The van der Waals surface area contributed by atoms with Crippen LogP contribution in [0.4, 0.5) is 15.8 Å². The van der Waals surface area contributed by atoms with Crippen molar-refractivity contribution in [1.82, 2.24) is 0 Å². The summed E-state index contributed by atoms with van der Waals surface area (Å²) in [5.74, 6) is -0.120. The Balaban J connectivity index is 1.54. The topological polar surface area (TPSA) is 76.7 Å². The second-order valence-corrected chi connectivity index (χ2v) is 6.45. The van der Waals surface area contributed by atoms with Crippen LogP contribution in [0, 0.1) is 5.82 Å². The second-order valence-electron chi connectivity index (χ2n) is 6.45. The molecule has 0 saturated carbocycles. The molecule has 0 aliphatic heterocycles. The maximum Gasteiger partial charge on any atom is 0.262 e. The van der Waals surface area contributed by atoms with E-state index in [9.17, 15) is 14.0 Å². The van der Waals surface area contributed by atoms with Crippen LogP contribution in [0.1, 0.15) is 5.56 Å². The summed E-state index contributed by atoms with van der Waals surface area (Å²) >= 11 is 0. The van der Waals surface area contributed by atoms with Gasteiger partial charge in [-0.1, -0.05) is 30.3 Å². The van der Waals surface area contributed by atoms with Gasteiger partial charge < -0.3 is 20.1 Å². The van der Waals surface area contributed by atoms with Crippen molar-refractivity contribution in [2.24, 2.45) is 0 Å². The Morgan fingerprint density at radius 3 is 2.35 bits per heavy atom. The van der Waals surface area contributed by atoms with Gasteiger partial charge in [-0.05, 0) is 54.1 Å². The maximum absolute atomic E-state index is 13.2. The second kappa shape index (κ2) is 10.6. The number of para-hydroxylation sites is 2. The van der Waals surface area contributed by atoms with Crippen molar-refractivity contribution >= 4 is 29.3 Å². The minimum atomic E-state index is -0.382. The molecule has 0 atom stereocenters. The Morgan fingerprint density at radius 2 is 1.61 bits per heavy atom. The van der Waals surface area contributed by atoms with Crippen molar-refractivity contribution in [3.8, 4) is 11.5 Å². The SMILES string of the molecule is COc1ccccc1OCC(=O)Nc1cccc(NC(=O)/C=C/c2cccc(F)c2)c1. The summed E-state index contributed by atoms with van der Waals surface area (Å²) in [6.07, 6.45) is 2.82. The van der Waals surface area contributed by atoms with E-state index in [1.165, 1.54) is 31.4 Å². The van der Waals surface area contributed by atoms with Gasteiger partial charge >= 0.3 is 0 Å². The number of rotatable bonds is 8. The average molecular weight is 420 g/mol. The summed E-state index contributed by atoms with van der Waals surface area (Å²) in [6, 6.07) is 19.6. The minimum absolute atomic E-state index is 0.201. The molecule has 0 heterocycles. The van der Waals surface area contributed by atoms with Crippen LogP contribution in [0.15, 0.2) is 78.9 Å². The van der Waals surface area contributed by atoms with Crippen LogP contribution in [0.5, 0.6) is 11.5 Å². The molecule has 0 aliphatic rings. The molecule has 3 rings (SSSR count). The van der Waals surface area contributed by atoms with Crippen molar-refractivity contribution in [2.75, 3.05) is 24.4 Å². The molecule has 0 aromatic heterocycles. The van der Waals surface area contributed by atoms with E-state index in [1.54, 1.807) is 60.7 Å². The van der Waals surface area contributed by atoms with E-state index in [4.69, 9.17) is 9.47 Å². The number of anilines is 2. The molecule has 6 nitrogen and oxygen atoms in total. The highest BCUT2D eigenvalue weighted by molar-refractivity contribution is 6.02. The van der Waals surface area contributed by atoms with Crippen LogP contribution in [0.2, 0.25) is 0 Å². The predicted octanol–water partition coefficient (Wildman–Crippen LogP) is 4.50. The molecular weight excluding hydrogens is 399 g/mol. The molecular formula is C24H21FN2O4. The van der Waals surface area contributed by atoms with Gasteiger partial charge in [0.15, 0.2) is 18.1 Å². The summed E-state index contributed by atoms with van der Waals surface area (Å²) in [7, 11) is 1.52. The van der Waals surface area contributed by atoms with Gasteiger partial charge in [0, 0.05) is 17.5 Å². The number of benzene rings is 3. The summed E-state index contributed by atoms with van der Waals surface area (Å²) in [5.41, 5.74) is 1.57. The standard InChI is InChI=1S/C24H21FN2O4/c1-30-21-10-2-3-11-22(21)31-16-24(29)27-20-9-5-8-19(15-20)26-23(28)13-12-17-6-4-7-18(25)14-17/h2-15H,16H2,1H3,(H,26,28)(H,27,29)/b13-12+. The molecule has 0 saturated heterocycles. The Labute approximate surface area is 179 Å². The largest absolute Gasteiger partial charge is 0.493 e. The van der Waals surface area contributed by atoms with Crippen LogP contribution >= 0.6 is 0 Å². The summed E-state index contributed by atoms with van der Waals surface area (Å²) in [6.45, 7) is -0.201. The zero-order valence-corrected chi connectivity index (χ0v) is 16.8. The molecule has 0 unspecified atom stereocenters. The Kier molecular flexibility index (Phi) is 7.37. The Morgan fingerprint density at radius 1 is 0.903 bits per heavy atom. The van der Waals surface area contributed by atoms with Crippen LogP contribution in [0.25, 0.3) is 6.08 Å². The fourth-order valence-corrected chi connectivity index (χ4v) is 2.72. The third-order valence-electron chi connectivity index (χ3n) is 4.12. The van der Waals surface area contributed by atoms with E-state index in [2.05, 4.69) is 10.6 Å². The molecule has 0 fully saturated rings. The Hall–Kier alpha value is -4.13. The molecule has 3 aromatic rings. The van der Waals surface area contributed by atoms with Gasteiger partial charge in [0.1, 0.15) is 5.82 Å². The molecule has 0 spiro atoms. The normalized spacial score (nSPS) is 10.5. The maximum atomic E-state index is 13.2. The van der Waals surface area contributed by atoms with Crippen LogP contribution in [-0.2, 0) is 9.59 Å². The third kappa shape index (κ3) is 6.71. The summed E-state index contributed by atoms with van der Waals surface area (Å²) in [4.78, 5) is 24.3. The molecule has 2 amide bonds. The number of carbonyl (C=O) groups excluding carboxylic acids is 2. The van der Waals surface area contributed by atoms with Gasteiger partial charge in [-0.3, -0.25) is 9.59 Å². The van der Waals surface area contributed by atoms with Gasteiger partial charge in [-0.2, -0.15) is 0 Å². The number of amides is 2. The van der Waals surface area contributed by atoms with Gasteiger partial charge in [0.25, 0.3) is 5.91 Å². The van der Waals surface area contributed by atoms with Gasteiger partial charge in [-0.25, -0.2) is 4.39 Å². The first-order valence-corrected chi connectivity index (χ1v) is 9.44. The first kappa shape index (κ1) is 21.6. The molecule has 0 aliphatic carbocycles. The van der Waals surface area contributed by atoms with Gasteiger partial charge in [-0.15, -0.1) is 0 Å². The molecule has 31 heavy (non-hydrogen) atoms. The minimum Gasteiger partial charge on any atom is -0.493 e. The number of nitrogens with one attached hydrogen (secondary N) is 2. The third-order valence-corrected chi connectivity index (χ3v) is 4.12. The smallest absolute Gasteiger partial charge is 0.262 e. The van der Waals surface area contributed by atoms with Crippen molar-refractivity contribution in [3.05, 3.63) is 90.3 Å². The fraction of sp³-hybridized carbons (Fsp3) is 0.0833. The predicted molar refractivity (Wildman–Crippen MR) is 118 cm³/mol. The highest BCUT2D eigenvalue weighted by Crippen LogP contribution is 2.25. The highest BCUT2D eigenvalue weighted by Gasteiger charge is 2.08. The molecule has 2 N–H and O–H groups in total. The van der Waals surface area contributed by atoms with E-state index < -0.39 is 0 Å². The monoisotopic (exact) mass is 420 g/mol. The Bertz CT molecular complexity index is 1100. The molecule has 7 heteroatoms. The lowest BCUT2D eigenvalue weighted by atomic mass is 10.2. The number of carbonyl (C=O) groups is 2. The molecule has 158 valence electrons. The molecule has 0 radical (unpaired) electrons.